The number of rotatable bonds is 5. The van der Waals surface area contributed by atoms with Crippen molar-refractivity contribution in [2.45, 2.75) is 12.5 Å². The van der Waals surface area contributed by atoms with Crippen molar-refractivity contribution >= 4 is 23.5 Å². The van der Waals surface area contributed by atoms with Gasteiger partial charge >= 0.3 is 5.97 Å². The van der Waals surface area contributed by atoms with Crippen molar-refractivity contribution in [2.75, 3.05) is 7.11 Å². The second-order valence-corrected chi connectivity index (χ2v) is 5.48. The summed E-state index contributed by atoms with van der Waals surface area (Å²) < 4.78 is 31.1. The Morgan fingerprint density at radius 3 is 2.42 bits per heavy atom. The number of methoxy groups -OCH3 is 1. The normalized spacial score (nSPS) is 11.7. The monoisotopic (exact) mass is 353 g/mol. The van der Waals surface area contributed by atoms with Crippen LogP contribution < -0.4 is 5.32 Å². The molecule has 2 aromatic carbocycles. The van der Waals surface area contributed by atoms with Gasteiger partial charge in [-0.25, -0.2) is 13.6 Å². The Hall–Kier alpha value is -2.47. The second kappa shape index (κ2) is 7.88. The molecule has 0 aliphatic rings. The maximum Gasteiger partial charge on any atom is 0.328 e. The Kier molecular flexibility index (Phi) is 5.87. The summed E-state index contributed by atoms with van der Waals surface area (Å²) >= 11 is 5.89. The first kappa shape index (κ1) is 17.9. The highest BCUT2D eigenvalue weighted by Crippen LogP contribution is 2.14. The lowest BCUT2D eigenvalue weighted by Gasteiger charge is -2.17. The van der Waals surface area contributed by atoms with Crippen molar-refractivity contribution in [3.63, 3.8) is 0 Å². The van der Waals surface area contributed by atoms with Crippen LogP contribution in [0.1, 0.15) is 15.9 Å². The number of hydrogen-bond acceptors (Lipinski definition) is 3. The van der Waals surface area contributed by atoms with Gasteiger partial charge < -0.3 is 10.1 Å². The highest BCUT2D eigenvalue weighted by molar-refractivity contribution is 6.30. The molecule has 2 aromatic rings. The Morgan fingerprint density at radius 2 is 1.83 bits per heavy atom. The van der Waals surface area contributed by atoms with Gasteiger partial charge in [0.25, 0.3) is 5.91 Å². The van der Waals surface area contributed by atoms with Crippen LogP contribution in [0.15, 0.2) is 42.5 Å². The van der Waals surface area contributed by atoms with Crippen molar-refractivity contribution in [2.24, 2.45) is 0 Å². The van der Waals surface area contributed by atoms with Gasteiger partial charge in [0.2, 0.25) is 0 Å². The zero-order valence-corrected chi connectivity index (χ0v) is 13.4. The molecule has 0 saturated heterocycles. The largest absolute Gasteiger partial charge is 0.467 e. The van der Waals surface area contributed by atoms with Gasteiger partial charge in [0.15, 0.2) is 0 Å². The van der Waals surface area contributed by atoms with E-state index in [1.54, 1.807) is 24.3 Å². The number of ether oxygens (including phenoxy) is 1. The third-order valence-electron chi connectivity index (χ3n) is 3.24. The van der Waals surface area contributed by atoms with Gasteiger partial charge in [0.1, 0.15) is 17.7 Å². The van der Waals surface area contributed by atoms with Crippen LogP contribution in [0.3, 0.4) is 0 Å². The minimum Gasteiger partial charge on any atom is -0.467 e. The predicted octanol–water partition coefficient (Wildman–Crippen LogP) is 3.13. The lowest BCUT2D eigenvalue weighted by atomic mass is 10.1. The smallest absolute Gasteiger partial charge is 0.328 e. The summed E-state index contributed by atoms with van der Waals surface area (Å²) in [5, 5.41) is 2.90. The molecule has 0 aromatic heterocycles. The van der Waals surface area contributed by atoms with E-state index < -0.39 is 29.6 Å². The molecule has 0 aliphatic carbocycles. The van der Waals surface area contributed by atoms with Gasteiger partial charge in [-0.2, -0.15) is 0 Å². The van der Waals surface area contributed by atoms with E-state index in [0.29, 0.717) is 16.7 Å². The fourth-order valence-electron chi connectivity index (χ4n) is 2.16. The lowest BCUT2D eigenvalue weighted by molar-refractivity contribution is -0.142. The molecule has 1 N–H and O–H groups in total. The lowest BCUT2D eigenvalue weighted by Crippen LogP contribution is -2.43. The topological polar surface area (TPSA) is 55.4 Å². The molecule has 0 fully saturated rings. The first-order valence-corrected chi connectivity index (χ1v) is 7.36. The van der Waals surface area contributed by atoms with E-state index in [1.165, 1.54) is 7.11 Å². The van der Waals surface area contributed by atoms with Crippen LogP contribution >= 0.6 is 11.6 Å². The summed E-state index contributed by atoms with van der Waals surface area (Å²) in [6, 6.07) is 8.15. The van der Waals surface area contributed by atoms with E-state index >= 15 is 0 Å². The van der Waals surface area contributed by atoms with Crippen LogP contribution in [0, 0.1) is 11.6 Å². The van der Waals surface area contributed by atoms with Crippen LogP contribution in [0.5, 0.6) is 0 Å². The highest BCUT2D eigenvalue weighted by atomic mass is 35.5. The Labute approximate surface area is 142 Å². The molecule has 0 heterocycles. The Balaban J connectivity index is 2.19. The predicted molar refractivity (Wildman–Crippen MR) is 84.8 cm³/mol. The number of carbonyl (C=O) groups is 2. The SMILES string of the molecule is COC(=O)[C@@H](Cc1cccc(Cl)c1)NC(=O)c1cc(F)cc(F)c1. The van der Waals surface area contributed by atoms with Crippen molar-refractivity contribution in [3.8, 4) is 0 Å². The minimum atomic E-state index is -1.02. The van der Waals surface area contributed by atoms with E-state index in [9.17, 15) is 18.4 Å². The zero-order chi connectivity index (χ0) is 17.7. The number of benzene rings is 2. The summed E-state index contributed by atoms with van der Waals surface area (Å²) in [5.74, 6) is -3.24. The summed E-state index contributed by atoms with van der Waals surface area (Å²) in [6.45, 7) is 0. The molecule has 0 saturated carbocycles. The summed E-state index contributed by atoms with van der Waals surface area (Å²) in [7, 11) is 1.18. The third kappa shape index (κ3) is 4.76. The minimum absolute atomic E-state index is 0.122. The second-order valence-electron chi connectivity index (χ2n) is 5.04. The molecular weight excluding hydrogens is 340 g/mol. The van der Waals surface area contributed by atoms with Gasteiger partial charge in [0.05, 0.1) is 7.11 Å². The quantitative estimate of drug-likeness (QED) is 0.840. The highest BCUT2D eigenvalue weighted by Gasteiger charge is 2.23. The van der Waals surface area contributed by atoms with Crippen molar-refractivity contribution in [3.05, 3.63) is 70.2 Å². The Bertz CT molecular complexity index is 747. The van der Waals surface area contributed by atoms with Crippen LogP contribution in [0.25, 0.3) is 0 Å². The Morgan fingerprint density at radius 1 is 1.17 bits per heavy atom. The van der Waals surface area contributed by atoms with Crippen LogP contribution in [-0.4, -0.2) is 25.0 Å². The van der Waals surface area contributed by atoms with E-state index in [2.05, 4.69) is 10.1 Å². The molecule has 126 valence electrons. The van der Waals surface area contributed by atoms with E-state index in [4.69, 9.17) is 11.6 Å². The number of carbonyl (C=O) groups excluding carboxylic acids is 2. The first-order chi connectivity index (χ1) is 11.4. The molecule has 0 bridgehead atoms. The van der Waals surface area contributed by atoms with Gasteiger partial charge in [-0.15, -0.1) is 0 Å². The molecule has 2 rings (SSSR count). The van der Waals surface area contributed by atoms with E-state index in [-0.39, 0.29) is 12.0 Å². The number of esters is 1. The number of nitrogens with one attached hydrogen (secondary N) is 1. The summed E-state index contributed by atoms with van der Waals surface area (Å²) in [6.07, 6.45) is 0.122. The zero-order valence-electron chi connectivity index (χ0n) is 12.7. The number of amides is 1. The first-order valence-electron chi connectivity index (χ1n) is 6.98. The standard InChI is InChI=1S/C17H14ClF2NO3/c1-24-17(23)15(6-10-3-2-4-12(18)5-10)21-16(22)11-7-13(19)9-14(20)8-11/h2-5,7-9,15H,6H2,1H3,(H,21,22)/t15-/m1/s1. The average Bonchev–Trinajstić information content (AvgIpc) is 2.52. The summed E-state index contributed by atoms with van der Waals surface area (Å²) in [4.78, 5) is 24.0. The fraction of sp³-hybridized carbons (Fsp3) is 0.176. The maximum atomic E-state index is 13.2. The van der Waals surface area contributed by atoms with Crippen molar-refractivity contribution < 1.29 is 23.1 Å². The van der Waals surface area contributed by atoms with E-state index in [1.807, 2.05) is 0 Å². The van der Waals surface area contributed by atoms with Crippen LogP contribution in [0.2, 0.25) is 5.02 Å². The molecule has 1 amide bonds. The van der Waals surface area contributed by atoms with Gasteiger partial charge in [-0.1, -0.05) is 23.7 Å². The van der Waals surface area contributed by atoms with Gasteiger partial charge in [0, 0.05) is 23.1 Å². The van der Waals surface area contributed by atoms with Gasteiger partial charge in [-0.05, 0) is 29.8 Å². The summed E-state index contributed by atoms with van der Waals surface area (Å²) in [5.41, 5.74) is 0.469. The molecule has 7 heteroatoms. The van der Waals surface area contributed by atoms with Gasteiger partial charge in [-0.3, -0.25) is 4.79 Å². The molecular formula is C17H14ClF2NO3. The molecule has 0 radical (unpaired) electrons. The fourth-order valence-corrected chi connectivity index (χ4v) is 2.37. The molecule has 0 spiro atoms. The maximum absolute atomic E-state index is 13.2. The van der Waals surface area contributed by atoms with Crippen molar-refractivity contribution in [1.29, 1.82) is 0 Å². The molecule has 24 heavy (non-hydrogen) atoms. The average molecular weight is 354 g/mol. The van der Waals surface area contributed by atoms with Crippen LogP contribution in [-0.2, 0) is 16.0 Å². The molecule has 0 aliphatic heterocycles. The molecule has 1 atom stereocenters. The van der Waals surface area contributed by atoms with Crippen LogP contribution in [0.4, 0.5) is 8.78 Å². The third-order valence-corrected chi connectivity index (χ3v) is 3.48. The number of hydrogen-bond donors (Lipinski definition) is 1. The molecule has 4 nitrogen and oxygen atoms in total. The van der Waals surface area contributed by atoms with Crippen molar-refractivity contribution in [1.82, 2.24) is 5.32 Å². The number of halogens is 3. The molecule has 0 unspecified atom stereocenters. The van der Waals surface area contributed by atoms with E-state index in [0.717, 1.165) is 12.1 Å².